The van der Waals surface area contributed by atoms with Crippen molar-refractivity contribution in [1.82, 2.24) is 0 Å². The standard InChI is InChI=1S/C9H13F3.C8H7F9.C8H12F4.C8H13F3/c1-5-6-3-4-7(5)8(6,2)9(10,11)12;1-3-5(10,11)4(2,9)7(14,15)8(16,17)6(3,12)13;1-3-5(9)4(2)7(11)8(12)6(3)10;1-2-7(8(9,10)11)5-3-4-6-7/h5-7H,3-4H2,1-2H3;3H,1-2H3;3-8H,1-2H3;2-6H2,1H3/t5?,6-,7+,8?;3-,4?;3-,4?,5?,6?,7?,8?;/m.00./s1. The van der Waals surface area contributed by atoms with Crippen LogP contribution < -0.4 is 0 Å². The molecule has 6 rings (SSSR count). The second kappa shape index (κ2) is 14.6. The zero-order valence-corrected chi connectivity index (χ0v) is 29.4. The summed E-state index contributed by atoms with van der Waals surface area (Å²) in [6.45, 7) is 6.92. The smallest absolute Gasteiger partial charge is 0.247 e. The highest BCUT2D eigenvalue weighted by Gasteiger charge is 2.91. The fraction of sp³-hybridized carbons (Fsp3) is 1.00. The maximum Gasteiger partial charge on any atom is 0.394 e. The highest BCUT2D eigenvalue weighted by atomic mass is 19.4. The van der Waals surface area contributed by atoms with Gasteiger partial charge in [-0.05, 0) is 56.8 Å². The molecule has 6 fully saturated rings. The van der Waals surface area contributed by atoms with Gasteiger partial charge in [0.25, 0.3) is 5.92 Å². The predicted molar refractivity (Wildman–Crippen MR) is 153 cm³/mol. The minimum Gasteiger partial charge on any atom is -0.247 e. The van der Waals surface area contributed by atoms with E-state index in [4.69, 9.17) is 0 Å². The van der Waals surface area contributed by atoms with Crippen LogP contribution in [0.2, 0.25) is 0 Å². The summed E-state index contributed by atoms with van der Waals surface area (Å²) < 4.78 is 243. The normalized spacial score (nSPS) is 43.7. The van der Waals surface area contributed by atoms with Gasteiger partial charge in [-0.25, -0.2) is 30.7 Å². The van der Waals surface area contributed by atoms with Crippen LogP contribution in [0.4, 0.5) is 83.4 Å². The second-order valence-electron chi connectivity index (χ2n) is 15.4. The summed E-state index contributed by atoms with van der Waals surface area (Å²) >= 11 is 0. The maximum atomic E-state index is 13.2. The molecule has 19 heteroatoms. The molecule has 0 nitrogen and oxygen atoms in total. The van der Waals surface area contributed by atoms with Crippen molar-refractivity contribution in [1.29, 1.82) is 0 Å². The highest BCUT2D eigenvalue weighted by molar-refractivity contribution is 5.20. The second-order valence-corrected chi connectivity index (χ2v) is 15.4. The Balaban J connectivity index is 0.000000244. The molecule has 52 heavy (non-hydrogen) atoms. The SMILES string of the molecule is CC1C(F)C(F)C(F)[C@@H](C)C1F.CC1[C@H]2CC[C@@H]1C2(C)C(F)(F)F.CCC1(C(F)(F)F)CCCC1.C[C@H]1C(F)(F)C(C)(F)C(F)(F)C(F)(F)C1(F)F. The third-order valence-corrected chi connectivity index (χ3v) is 12.8. The Bertz CT molecular complexity index is 1080. The lowest BCUT2D eigenvalue weighted by molar-refractivity contribution is -0.431. The van der Waals surface area contributed by atoms with Crippen molar-refractivity contribution < 1.29 is 83.4 Å². The van der Waals surface area contributed by atoms with Crippen molar-refractivity contribution in [2.45, 2.75) is 160 Å². The van der Waals surface area contributed by atoms with Crippen LogP contribution in [0, 0.1) is 46.3 Å². The van der Waals surface area contributed by atoms with E-state index in [9.17, 15) is 83.4 Å². The Labute approximate surface area is 290 Å². The fourth-order valence-corrected chi connectivity index (χ4v) is 8.53. The molecule has 0 radical (unpaired) electrons. The van der Waals surface area contributed by atoms with Crippen molar-refractivity contribution in [2.75, 3.05) is 0 Å². The van der Waals surface area contributed by atoms with Gasteiger partial charge in [-0.2, -0.15) is 52.7 Å². The molecule has 0 saturated heterocycles. The topological polar surface area (TPSA) is 0 Å². The molecule has 2 bridgehead atoms. The number of alkyl halides is 19. The van der Waals surface area contributed by atoms with E-state index < -0.39 is 102 Å². The van der Waals surface area contributed by atoms with Gasteiger partial charge in [-0.1, -0.05) is 54.4 Å². The van der Waals surface area contributed by atoms with E-state index in [2.05, 4.69) is 0 Å². The van der Waals surface area contributed by atoms with Gasteiger partial charge in [0.1, 0.15) is 18.5 Å². The highest BCUT2D eigenvalue weighted by Crippen LogP contribution is 2.71. The lowest BCUT2D eigenvalue weighted by Gasteiger charge is -2.53. The zero-order chi connectivity index (χ0) is 41.2. The van der Waals surface area contributed by atoms with E-state index in [0.717, 1.165) is 25.7 Å². The molecule has 0 aromatic heterocycles. The quantitative estimate of drug-likeness (QED) is 0.232. The van der Waals surface area contributed by atoms with Crippen molar-refractivity contribution in [3.05, 3.63) is 0 Å². The van der Waals surface area contributed by atoms with E-state index in [1.165, 1.54) is 20.8 Å². The van der Waals surface area contributed by atoms with Crippen molar-refractivity contribution in [3.63, 3.8) is 0 Å². The van der Waals surface area contributed by atoms with Gasteiger partial charge in [-0.3, -0.25) is 0 Å². The lowest BCUT2D eigenvalue weighted by Crippen LogP contribution is -2.77. The van der Waals surface area contributed by atoms with E-state index >= 15 is 0 Å². The number of hydrogen-bond donors (Lipinski definition) is 0. The van der Waals surface area contributed by atoms with Gasteiger partial charge in [-0.15, -0.1) is 0 Å². The molecule has 0 aromatic rings. The summed E-state index contributed by atoms with van der Waals surface area (Å²) in [7, 11) is 0. The molecule has 6 saturated carbocycles. The Kier molecular flexibility index (Phi) is 13.2. The lowest BCUT2D eigenvalue weighted by atomic mass is 9.53. The number of rotatable bonds is 1. The molecular formula is C33H45F19. The van der Waals surface area contributed by atoms with Gasteiger partial charge >= 0.3 is 30.1 Å². The minimum atomic E-state index is -6.19. The summed E-state index contributed by atoms with van der Waals surface area (Å²) in [6.07, 6.45) is -11.7. The third-order valence-electron chi connectivity index (χ3n) is 12.8. The Hall–Kier alpha value is -1.33. The van der Waals surface area contributed by atoms with Crippen LogP contribution in [0.15, 0.2) is 0 Å². The first-order valence-corrected chi connectivity index (χ1v) is 16.9. The summed E-state index contributed by atoms with van der Waals surface area (Å²) in [5.41, 5.74) is -7.73. The van der Waals surface area contributed by atoms with Crippen LogP contribution in [0.1, 0.15) is 93.4 Å². The van der Waals surface area contributed by atoms with Crippen LogP contribution in [-0.2, 0) is 0 Å². The largest absolute Gasteiger partial charge is 0.394 e. The molecule has 0 aliphatic heterocycles. The molecular weight excluding hydrogens is 757 g/mol. The minimum absolute atomic E-state index is 0.0949. The maximum absolute atomic E-state index is 13.2. The Morgan fingerprint density at radius 1 is 0.519 bits per heavy atom. The van der Waals surface area contributed by atoms with E-state index in [0.29, 0.717) is 18.8 Å². The molecule has 6 aliphatic carbocycles. The molecule has 0 heterocycles. The van der Waals surface area contributed by atoms with Crippen LogP contribution in [-0.4, -0.2) is 66.4 Å². The molecule has 0 N–H and O–H groups in total. The molecule has 0 aromatic carbocycles. The van der Waals surface area contributed by atoms with E-state index in [1.54, 1.807) is 6.92 Å². The van der Waals surface area contributed by atoms with E-state index in [-0.39, 0.29) is 25.2 Å². The summed E-state index contributed by atoms with van der Waals surface area (Å²) in [5.74, 6) is -28.9. The van der Waals surface area contributed by atoms with Crippen LogP contribution in [0.5, 0.6) is 0 Å². The van der Waals surface area contributed by atoms with Crippen LogP contribution in [0.3, 0.4) is 0 Å². The average Bonchev–Trinajstić information content (AvgIpc) is 3.78. The van der Waals surface area contributed by atoms with E-state index in [1.807, 2.05) is 6.92 Å². The summed E-state index contributed by atoms with van der Waals surface area (Å²) in [6, 6.07) is 0. The first kappa shape index (κ1) is 46.8. The number of hydrogen-bond acceptors (Lipinski definition) is 0. The monoisotopic (exact) mass is 802 g/mol. The van der Waals surface area contributed by atoms with Gasteiger partial charge in [0, 0.05) is 11.8 Å². The van der Waals surface area contributed by atoms with Crippen LogP contribution in [0.25, 0.3) is 0 Å². The first-order chi connectivity index (χ1) is 23.0. The fourth-order valence-electron chi connectivity index (χ4n) is 8.53. The zero-order valence-electron chi connectivity index (χ0n) is 29.4. The molecule has 8 unspecified atom stereocenters. The Morgan fingerprint density at radius 3 is 1.17 bits per heavy atom. The molecule has 0 amide bonds. The number of fused-ring (bicyclic) bond motifs is 1. The van der Waals surface area contributed by atoms with Gasteiger partial charge < -0.3 is 0 Å². The number of halogens is 19. The van der Waals surface area contributed by atoms with Crippen molar-refractivity contribution >= 4 is 0 Å². The summed E-state index contributed by atoms with van der Waals surface area (Å²) in [4.78, 5) is 0. The van der Waals surface area contributed by atoms with Crippen LogP contribution >= 0.6 is 0 Å². The average molecular weight is 803 g/mol. The molecule has 310 valence electrons. The van der Waals surface area contributed by atoms with Crippen molar-refractivity contribution in [2.24, 2.45) is 46.3 Å². The molecule has 0 spiro atoms. The summed E-state index contributed by atoms with van der Waals surface area (Å²) in [5, 5.41) is 0. The van der Waals surface area contributed by atoms with Gasteiger partial charge in [0.15, 0.2) is 6.17 Å². The van der Waals surface area contributed by atoms with Gasteiger partial charge in [0.05, 0.1) is 16.7 Å². The first-order valence-electron chi connectivity index (χ1n) is 16.9. The third kappa shape index (κ3) is 7.00. The van der Waals surface area contributed by atoms with Gasteiger partial charge in [0.2, 0.25) is 5.67 Å². The molecule has 12 atom stereocenters. The predicted octanol–water partition coefficient (Wildman–Crippen LogP) is 13.3. The molecule has 6 aliphatic rings. The van der Waals surface area contributed by atoms with Crippen molar-refractivity contribution in [3.8, 4) is 0 Å². The Morgan fingerprint density at radius 2 is 0.904 bits per heavy atom.